The van der Waals surface area contributed by atoms with E-state index in [4.69, 9.17) is 0 Å². The molecule has 1 aliphatic carbocycles. The largest absolute Gasteiger partial charge is 0.294 e. The first-order chi connectivity index (χ1) is 7.09. The highest BCUT2D eigenvalue weighted by Gasteiger charge is 2.27. The minimum atomic E-state index is -2.59. The van der Waals surface area contributed by atoms with Gasteiger partial charge in [0.25, 0.3) is 5.76 Å². The molecule has 0 bridgehead atoms. The van der Waals surface area contributed by atoms with E-state index in [0.717, 1.165) is 6.07 Å². The molecule has 0 atom stereocenters. The Balaban J connectivity index is 2.49. The maximum atomic E-state index is 13.2. The lowest BCUT2D eigenvalue weighted by Crippen LogP contribution is -1.98. The van der Waals surface area contributed by atoms with E-state index in [0.29, 0.717) is 18.2 Å². The van der Waals surface area contributed by atoms with Gasteiger partial charge in [-0.1, -0.05) is 11.8 Å². The number of rotatable bonds is 2. The van der Waals surface area contributed by atoms with Crippen LogP contribution in [0.4, 0.5) is 13.2 Å². The maximum absolute atomic E-state index is 13.2. The number of halogens is 3. The van der Waals surface area contributed by atoms with Crippen LogP contribution in [-0.4, -0.2) is 11.5 Å². The highest BCUT2D eigenvalue weighted by atomic mass is 32.2. The van der Waals surface area contributed by atoms with E-state index in [1.165, 1.54) is 6.07 Å². The lowest BCUT2D eigenvalue weighted by Gasteiger charge is -2.06. The van der Waals surface area contributed by atoms with Crippen molar-refractivity contribution in [2.45, 2.75) is 23.5 Å². The van der Waals surface area contributed by atoms with Gasteiger partial charge in [-0.15, -0.1) is 0 Å². The number of hydrogen-bond donors (Lipinski definition) is 0. The molecule has 0 radical (unpaired) electrons. The standard InChI is InChI=1S/C10H7F3OS/c11-6-2-4-8(15-10(12)13)9-5(6)1-3-7(9)14/h2,4,10H,1,3H2. The molecule has 15 heavy (non-hydrogen) atoms. The maximum Gasteiger partial charge on any atom is 0.288 e. The van der Waals surface area contributed by atoms with Gasteiger partial charge in [-0.2, -0.15) is 8.78 Å². The molecule has 0 unspecified atom stereocenters. The number of fused-ring (bicyclic) bond motifs is 1. The summed E-state index contributed by atoms with van der Waals surface area (Å²) in [6.07, 6.45) is 0.532. The summed E-state index contributed by atoms with van der Waals surface area (Å²) in [5, 5.41) is 0. The highest BCUT2D eigenvalue weighted by molar-refractivity contribution is 7.99. The third kappa shape index (κ3) is 1.88. The van der Waals surface area contributed by atoms with Gasteiger partial charge in [0.1, 0.15) is 5.82 Å². The minimum absolute atomic E-state index is 0.153. The Hall–Kier alpha value is -0.970. The van der Waals surface area contributed by atoms with Crippen LogP contribution in [0.25, 0.3) is 0 Å². The molecule has 5 heteroatoms. The van der Waals surface area contributed by atoms with E-state index >= 15 is 0 Å². The molecule has 0 saturated heterocycles. The third-order valence-electron chi connectivity index (χ3n) is 2.31. The molecule has 0 amide bonds. The summed E-state index contributed by atoms with van der Waals surface area (Å²) in [6.45, 7) is 0. The Kier molecular flexibility index (Phi) is 2.73. The van der Waals surface area contributed by atoms with Gasteiger partial charge < -0.3 is 0 Å². The molecule has 1 aromatic rings. The van der Waals surface area contributed by atoms with Gasteiger partial charge in [0.2, 0.25) is 0 Å². The van der Waals surface area contributed by atoms with E-state index in [-0.39, 0.29) is 28.2 Å². The van der Waals surface area contributed by atoms with Crippen LogP contribution in [0, 0.1) is 5.82 Å². The van der Waals surface area contributed by atoms with Gasteiger partial charge in [0.15, 0.2) is 5.78 Å². The second kappa shape index (κ2) is 3.89. The van der Waals surface area contributed by atoms with Crippen molar-refractivity contribution in [2.75, 3.05) is 0 Å². The van der Waals surface area contributed by atoms with Crippen LogP contribution in [0.15, 0.2) is 17.0 Å². The summed E-state index contributed by atoms with van der Waals surface area (Å²) in [5.41, 5.74) is 0.436. The van der Waals surface area contributed by atoms with Crippen LogP contribution >= 0.6 is 11.8 Å². The number of benzene rings is 1. The number of carbonyl (C=O) groups excluding carboxylic acids is 1. The molecule has 0 spiro atoms. The van der Waals surface area contributed by atoms with Crippen molar-refractivity contribution in [3.63, 3.8) is 0 Å². The number of alkyl halides is 2. The lowest BCUT2D eigenvalue weighted by atomic mass is 10.1. The number of ketones is 1. The van der Waals surface area contributed by atoms with Crippen LogP contribution in [0.3, 0.4) is 0 Å². The number of thioether (sulfide) groups is 1. The molecular formula is C10H7F3OS. The van der Waals surface area contributed by atoms with Crippen LogP contribution < -0.4 is 0 Å². The third-order valence-corrected chi connectivity index (χ3v) is 3.09. The van der Waals surface area contributed by atoms with Crippen LogP contribution in [-0.2, 0) is 6.42 Å². The Bertz CT molecular complexity index is 417. The zero-order valence-corrected chi connectivity index (χ0v) is 8.41. The molecule has 1 aromatic carbocycles. The van der Waals surface area contributed by atoms with E-state index < -0.39 is 11.6 Å². The second-order valence-corrected chi connectivity index (χ2v) is 4.23. The monoisotopic (exact) mass is 232 g/mol. The average molecular weight is 232 g/mol. The molecule has 0 heterocycles. The van der Waals surface area contributed by atoms with Crippen molar-refractivity contribution in [1.29, 1.82) is 0 Å². The van der Waals surface area contributed by atoms with Crippen molar-refractivity contribution >= 4 is 17.5 Å². The molecule has 0 saturated carbocycles. The van der Waals surface area contributed by atoms with E-state index in [2.05, 4.69) is 0 Å². The normalized spacial score (nSPS) is 14.8. The minimum Gasteiger partial charge on any atom is -0.294 e. The predicted molar refractivity (Wildman–Crippen MR) is 50.9 cm³/mol. The first kappa shape index (κ1) is 10.5. The van der Waals surface area contributed by atoms with Gasteiger partial charge in [-0.25, -0.2) is 4.39 Å². The molecule has 2 rings (SSSR count). The van der Waals surface area contributed by atoms with Gasteiger partial charge in [0.05, 0.1) is 0 Å². The molecule has 80 valence electrons. The molecular weight excluding hydrogens is 225 g/mol. The first-order valence-electron chi connectivity index (χ1n) is 4.39. The lowest BCUT2D eigenvalue weighted by molar-refractivity contribution is 0.0992. The molecule has 1 aliphatic rings. The van der Waals surface area contributed by atoms with Crippen molar-refractivity contribution in [1.82, 2.24) is 0 Å². The van der Waals surface area contributed by atoms with Gasteiger partial charge in [-0.3, -0.25) is 4.79 Å². The smallest absolute Gasteiger partial charge is 0.288 e. The highest BCUT2D eigenvalue weighted by Crippen LogP contribution is 2.35. The van der Waals surface area contributed by atoms with Crippen LogP contribution in [0.2, 0.25) is 0 Å². The van der Waals surface area contributed by atoms with Crippen LogP contribution in [0.1, 0.15) is 22.3 Å². The topological polar surface area (TPSA) is 17.1 Å². The van der Waals surface area contributed by atoms with Gasteiger partial charge in [0, 0.05) is 22.4 Å². The number of Topliss-reactive ketones (excluding diaryl/α,β-unsaturated/α-hetero) is 1. The number of hydrogen-bond acceptors (Lipinski definition) is 2. The van der Waals surface area contributed by atoms with Crippen molar-refractivity contribution in [3.8, 4) is 0 Å². The molecule has 0 aromatic heterocycles. The van der Waals surface area contributed by atoms with Crippen molar-refractivity contribution in [2.24, 2.45) is 0 Å². The van der Waals surface area contributed by atoms with Gasteiger partial charge in [-0.05, 0) is 18.6 Å². The molecule has 0 fully saturated rings. The van der Waals surface area contributed by atoms with Gasteiger partial charge >= 0.3 is 0 Å². The van der Waals surface area contributed by atoms with E-state index in [1.54, 1.807) is 0 Å². The number of carbonyl (C=O) groups is 1. The van der Waals surface area contributed by atoms with E-state index in [9.17, 15) is 18.0 Å². The predicted octanol–water partition coefficient (Wildman–Crippen LogP) is 3.27. The fourth-order valence-corrected chi connectivity index (χ4v) is 2.40. The Morgan fingerprint density at radius 2 is 2.00 bits per heavy atom. The fourth-order valence-electron chi connectivity index (χ4n) is 1.71. The Morgan fingerprint density at radius 3 is 2.67 bits per heavy atom. The van der Waals surface area contributed by atoms with Crippen LogP contribution in [0.5, 0.6) is 0 Å². The summed E-state index contributed by atoms with van der Waals surface area (Å²) in [6, 6.07) is 2.39. The molecule has 0 N–H and O–H groups in total. The average Bonchev–Trinajstić information content (AvgIpc) is 2.54. The molecule has 1 nitrogen and oxygen atoms in total. The van der Waals surface area contributed by atoms with Crippen molar-refractivity contribution < 1.29 is 18.0 Å². The first-order valence-corrected chi connectivity index (χ1v) is 5.27. The Labute approximate surface area is 88.7 Å². The SMILES string of the molecule is O=C1CCc2c(F)ccc(SC(F)F)c21. The Morgan fingerprint density at radius 1 is 1.27 bits per heavy atom. The fraction of sp³-hybridized carbons (Fsp3) is 0.300. The van der Waals surface area contributed by atoms with Crippen molar-refractivity contribution in [3.05, 3.63) is 29.1 Å². The van der Waals surface area contributed by atoms with E-state index in [1.807, 2.05) is 0 Å². The molecule has 0 aliphatic heterocycles. The zero-order chi connectivity index (χ0) is 11.0. The summed E-state index contributed by atoms with van der Waals surface area (Å²) in [5.74, 6) is -3.31. The summed E-state index contributed by atoms with van der Waals surface area (Å²) in [7, 11) is 0. The second-order valence-electron chi connectivity index (χ2n) is 3.20. The summed E-state index contributed by atoms with van der Waals surface area (Å²) < 4.78 is 37.6. The zero-order valence-electron chi connectivity index (χ0n) is 7.60. The summed E-state index contributed by atoms with van der Waals surface area (Å²) >= 11 is 0.295. The quantitative estimate of drug-likeness (QED) is 0.728. The summed E-state index contributed by atoms with van der Waals surface area (Å²) in [4.78, 5) is 11.6.